The maximum Gasteiger partial charge on any atom is 0.287 e. The van der Waals surface area contributed by atoms with Gasteiger partial charge in [-0.3, -0.25) is 14.6 Å². The van der Waals surface area contributed by atoms with Gasteiger partial charge in [0.2, 0.25) is 0 Å². The fourth-order valence-corrected chi connectivity index (χ4v) is 6.32. The van der Waals surface area contributed by atoms with Crippen LogP contribution in [0.25, 0.3) is 0 Å². The van der Waals surface area contributed by atoms with Crippen LogP contribution < -0.4 is 10.0 Å². The molecule has 0 bridgehead atoms. The van der Waals surface area contributed by atoms with Crippen molar-refractivity contribution in [3.05, 3.63) is 47.2 Å². The van der Waals surface area contributed by atoms with Crippen LogP contribution in [-0.2, 0) is 22.9 Å². The van der Waals surface area contributed by atoms with Crippen molar-refractivity contribution in [2.45, 2.75) is 81.1 Å². The second-order valence-corrected chi connectivity index (χ2v) is 11.2. The molecule has 2 amide bonds. The number of furan rings is 1. The summed E-state index contributed by atoms with van der Waals surface area (Å²) in [7, 11) is -4.20. The number of hydrogen-bond acceptors (Lipinski definition) is 6. The summed E-state index contributed by atoms with van der Waals surface area (Å²) >= 11 is 0. The molecule has 0 atom stereocenters. The number of carbonyl (C=O) groups is 2. The molecule has 5 rings (SSSR count). The zero-order chi connectivity index (χ0) is 23.1. The molecule has 2 saturated carbocycles. The highest BCUT2D eigenvalue weighted by atomic mass is 32.2. The molecule has 2 heterocycles. The van der Waals surface area contributed by atoms with Crippen molar-refractivity contribution >= 4 is 21.8 Å². The molecule has 0 aliphatic heterocycles. The molecule has 2 N–H and O–H groups in total. The summed E-state index contributed by atoms with van der Waals surface area (Å²) in [5.41, 5.74) is 1.91. The fourth-order valence-electron chi connectivity index (χ4n) is 5.41. The fraction of sp³-hybridized carbons (Fsp3) is 0.542. The third-order valence-electron chi connectivity index (χ3n) is 7.32. The van der Waals surface area contributed by atoms with Crippen molar-refractivity contribution in [2.75, 3.05) is 0 Å². The van der Waals surface area contributed by atoms with E-state index in [1.165, 1.54) is 18.7 Å². The van der Waals surface area contributed by atoms with Crippen molar-refractivity contribution in [1.82, 2.24) is 15.0 Å². The van der Waals surface area contributed by atoms with Gasteiger partial charge >= 0.3 is 0 Å². The van der Waals surface area contributed by atoms with Gasteiger partial charge in [-0.2, -0.15) is 0 Å². The van der Waals surface area contributed by atoms with E-state index in [-0.39, 0.29) is 21.8 Å². The lowest BCUT2D eigenvalue weighted by molar-refractivity contribution is 0.0816. The Morgan fingerprint density at radius 1 is 1.00 bits per heavy atom. The normalized spacial score (nSPS) is 20.0. The summed E-state index contributed by atoms with van der Waals surface area (Å²) in [6, 6.07) is 1.19. The number of sulfonamides is 1. The molecule has 0 saturated heterocycles. The number of fused-ring (bicyclic) bond motifs is 1. The zero-order valence-electron chi connectivity index (χ0n) is 18.6. The van der Waals surface area contributed by atoms with Crippen LogP contribution in [0.4, 0.5) is 0 Å². The Hall–Kier alpha value is -2.68. The molecule has 3 aliphatic rings. The predicted octanol–water partition coefficient (Wildman–Crippen LogP) is 3.51. The van der Waals surface area contributed by atoms with Crippen molar-refractivity contribution in [2.24, 2.45) is 5.92 Å². The number of pyridine rings is 1. The number of aryl methyl sites for hydroxylation is 1. The van der Waals surface area contributed by atoms with E-state index in [2.05, 4.69) is 15.0 Å². The first-order chi connectivity index (χ1) is 15.9. The molecule has 2 aromatic heterocycles. The summed E-state index contributed by atoms with van der Waals surface area (Å²) in [5.74, 6) is -0.696. The number of nitrogens with zero attached hydrogens (tertiary/aromatic N) is 1. The predicted molar refractivity (Wildman–Crippen MR) is 120 cm³/mol. The number of aromatic nitrogens is 1. The van der Waals surface area contributed by atoms with Crippen LogP contribution in [0.1, 0.15) is 89.8 Å². The second-order valence-electron chi connectivity index (χ2n) is 9.56. The third-order valence-corrected chi connectivity index (χ3v) is 8.61. The summed E-state index contributed by atoms with van der Waals surface area (Å²) in [6.45, 7) is 0. The molecule has 176 valence electrons. The van der Waals surface area contributed by atoms with Crippen LogP contribution in [0.2, 0.25) is 0 Å². The monoisotopic (exact) mass is 471 g/mol. The summed E-state index contributed by atoms with van der Waals surface area (Å²) < 4.78 is 33.1. The Bertz CT molecular complexity index is 1180. The number of carbonyl (C=O) groups excluding carboxylic acids is 2. The highest BCUT2D eigenvalue weighted by Crippen LogP contribution is 2.47. The van der Waals surface area contributed by atoms with Gasteiger partial charge in [-0.05, 0) is 68.4 Å². The number of nitrogens with one attached hydrogen (secondary N) is 2. The van der Waals surface area contributed by atoms with Gasteiger partial charge in [0.05, 0.1) is 5.56 Å². The Morgan fingerprint density at radius 2 is 1.76 bits per heavy atom. The molecule has 0 unspecified atom stereocenters. The van der Waals surface area contributed by atoms with E-state index < -0.39 is 21.8 Å². The van der Waals surface area contributed by atoms with Crippen LogP contribution >= 0.6 is 0 Å². The lowest BCUT2D eigenvalue weighted by Crippen LogP contribution is -2.51. The Morgan fingerprint density at radius 3 is 2.52 bits per heavy atom. The molecule has 8 nitrogen and oxygen atoms in total. The summed E-state index contributed by atoms with van der Waals surface area (Å²) in [6.07, 6.45) is 15.1. The molecule has 33 heavy (non-hydrogen) atoms. The highest BCUT2D eigenvalue weighted by Gasteiger charge is 2.46. The van der Waals surface area contributed by atoms with Crippen LogP contribution in [0, 0.1) is 5.92 Å². The minimum Gasteiger partial charge on any atom is -0.458 e. The maximum absolute atomic E-state index is 12.9. The van der Waals surface area contributed by atoms with Crippen molar-refractivity contribution in [1.29, 1.82) is 0 Å². The lowest BCUT2D eigenvalue weighted by atomic mass is 9.78. The van der Waals surface area contributed by atoms with E-state index in [1.807, 2.05) is 0 Å². The van der Waals surface area contributed by atoms with E-state index in [0.717, 1.165) is 81.6 Å². The van der Waals surface area contributed by atoms with E-state index in [0.29, 0.717) is 5.92 Å². The SMILES string of the molecule is O=C(NC1(C2CC2)CCCCC1)c1cc(S(=O)(=O)NC(=O)c2cncc3c2CCCC3)co1. The van der Waals surface area contributed by atoms with Gasteiger partial charge in [-0.25, -0.2) is 13.1 Å². The smallest absolute Gasteiger partial charge is 0.287 e. The standard InChI is InChI=1S/C24H29N3O5S/c28-22(20-14-25-13-16-6-2-3-7-19(16)20)27-33(30,31)18-12-21(32-15-18)23(29)26-24(17-8-9-17)10-4-1-5-11-24/h12-15,17H,1-11H2,(H,26,29)(H,27,28). The Labute approximate surface area is 193 Å². The van der Waals surface area contributed by atoms with Crippen LogP contribution in [0.5, 0.6) is 0 Å². The van der Waals surface area contributed by atoms with Gasteiger partial charge in [0, 0.05) is 24.0 Å². The van der Waals surface area contributed by atoms with Gasteiger partial charge in [0.25, 0.3) is 21.8 Å². The minimum absolute atomic E-state index is 0.0628. The van der Waals surface area contributed by atoms with Crippen molar-refractivity contribution < 1.29 is 22.4 Å². The first-order valence-corrected chi connectivity index (χ1v) is 13.3. The van der Waals surface area contributed by atoms with E-state index in [9.17, 15) is 18.0 Å². The quantitative estimate of drug-likeness (QED) is 0.666. The van der Waals surface area contributed by atoms with Gasteiger partial charge < -0.3 is 9.73 Å². The number of amides is 2. The average Bonchev–Trinajstić information content (AvgIpc) is 3.55. The first-order valence-electron chi connectivity index (χ1n) is 11.8. The van der Waals surface area contributed by atoms with Gasteiger partial charge in [-0.1, -0.05) is 19.3 Å². The Balaban J connectivity index is 1.31. The van der Waals surface area contributed by atoms with E-state index in [4.69, 9.17) is 4.42 Å². The molecule has 2 fully saturated rings. The zero-order valence-corrected chi connectivity index (χ0v) is 19.4. The van der Waals surface area contributed by atoms with Gasteiger partial charge in [0.1, 0.15) is 11.2 Å². The Kier molecular flexibility index (Phi) is 5.76. The van der Waals surface area contributed by atoms with Gasteiger partial charge in [0.15, 0.2) is 5.76 Å². The summed E-state index contributed by atoms with van der Waals surface area (Å²) in [4.78, 5) is 29.5. The summed E-state index contributed by atoms with van der Waals surface area (Å²) in [5, 5.41) is 3.15. The molecule has 0 aromatic carbocycles. The lowest BCUT2D eigenvalue weighted by Gasteiger charge is -2.38. The molecule has 2 aromatic rings. The minimum atomic E-state index is -4.20. The number of rotatable bonds is 6. The highest BCUT2D eigenvalue weighted by molar-refractivity contribution is 7.90. The van der Waals surface area contributed by atoms with Crippen molar-refractivity contribution in [3.63, 3.8) is 0 Å². The van der Waals surface area contributed by atoms with Crippen LogP contribution in [0.3, 0.4) is 0 Å². The van der Waals surface area contributed by atoms with Gasteiger partial charge in [-0.15, -0.1) is 0 Å². The molecule has 0 radical (unpaired) electrons. The molecular weight excluding hydrogens is 442 g/mol. The molecule has 3 aliphatic carbocycles. The first kappa shape index (κ1) is 22.1. The van der Waals surface area contributed by atoms with Crippen molar-refractivity contribution in [3.8, 4) is 0 Å². The van der Waals surface area contributed by atoms with Crippen LogP contribution in [-0.4, -0.2) is 30.8 Å². The topological polar surface area (TPSA) is 118 Å². The second kappa shape index (κ2) is 8.59. The van der Waals surface area contributed by atoms with Crippen LogP contribution in [0.15, 0.2) is 34.0 Å². The number of hydrogen-bond donors (Lipinski definition) is 2. The van der Waals surface area contributed by atoms with E-state index >= 15 is 0 Å². The van der Waals surface area contributed by atoms with E-state index in [1.54, 1.807) is 6.20 Å². The molecular formula is C24H29N3O5S. The third kappa shape index (κ3) is 4.43. The molecule has 9 heteroatoms. The largest absolute Gasteiger partial charge is 0.458 e. The maximum atomic E-state index is 12.9. The average molecular weight is 472 g/mol. The molecule has 0 spiro atoms.